The van der Waals surface area contributed by atoms with Crippen LogP contribution < -0.4 is 0 Å². The molecule has 7 nitrogen and oxygen atoms in total. The van der Waals surface area contributed by atoms with E-state index in [-0.39, 0.29) is 40.2 Å². The van der Waals surface area contributed by atoms with E-state index < -0.39 is 11.8 Å². The first-order chi connectivity index (χ1) is 16.7. The molecule has 0 heterocycles. The maximum atomic E-state index is 10.9. The highest BCUT2D eigenvalue weighted by atomic mass is 16.3. The molecule has 0 radical (unpaired) electrons. The molecule has 0 fully saturated rings. The lowest BCUT2D eigenvalue weighted by Crippen LogP contribution is -2.08. The van der Waals surface area contributed by atoms with Gasteiger partial charge in [0.1, 0.15) is 28.7 Å². The van der Waals surface area contributed by atoms with Crippen LogP contribution in [0.4, 0.5) is 0 Å². The summed E-state index contributed by atoms with van der Waals surface area (Å²) in [5.41, 5.74) is 3.51. The third kappa shape index (κ3) is 3.93. The molecule has 1 aliphatic carbocycles. The van der Waals surface area contributed by atoms with Crippen LogP contribution in [0.5, 0.6) is 40.2 Å². The van der Waals surface area contributed by atoms with Gasteiger partial charge >= 0.3 is 0 Å². The number of allylic oxidation sites excluding steroid dienone is 1. The molecule has 5 rings (SSSR count). The van der Waals surface area contributed by atoms with Crippen LogP contribution in [0.3, 0.4) is 0 Å². The number of benzene rings is 4. The van der Waals surface area contributed by atoms with Gasteiger partial charge in [-0.3, -0.25) is 0 Å². The standard InChI is InChI=1S/C28H22O7/c29-17-4-1-14(2-5-17)7-21-22-12-20(32)13-25(35)28(22)27(15-3-6-23(33)24(34)10-15)26(21)16-8-18(30)11-19(31)9-16/h1-13,26-27,29-35H/b21-7-/t26-,27+/m1/s1. The summed E-state index contributed by atoms with van der Waals surface area (Å²) in [4.78, 5) is 0. The van der Waals surface area contributed by atoms with Gasteiger partial charge in [-0.05, 0) is 70.3 Å². The molecule has 0 aliphatic heterocycles. The lowest BCUT2D eigenvalue weighted by Gasteiger charge is -2.24. The highest BCUT2D eigenvalue weighted by Crippen LogP contribution is 2.59. The first-order valence-electron chi connectivity index (χ1n) is 10.8. The molecule has 0 saturated carbocycles. The first kappa shape index (κ1) is 22.0. The summed E-state index contributed by atoms with van der Waals surface area (Å²) in [5.74, 6) is -2.34. The van der Waals surface area contributed by atoms with Crippen molar-refractivity contribution < 1.29 is 35.7 Å². The van der Waals surface area contributed by atoms with Crippen LogP contribution in [0.15, 0.2) is 72.8 Å². The van der Waals surface area contributed by atoms with Crippen LogP contribution in [0, 0.1) is 0 Å². The average molecular weight is 470 g/mol. The number of phenolic OH excluding ortho intramolecular Hbond substituents is 7. The molecule has 4 aromatic rings. The molecule has 0 bridgehead atoms. The minimum atomic E-state index is -0.610. The fourth-order valence-corrected chi connectivity index (χ4v) is 4.88. The molecule has 0 saturated heterocycles. The fraction of sp³-hybridized carbons (Fsp3) is 0.0714. The van der Waals surface area contributed by atoms with E-state index in [4.69, 9.17) is 0 Å². The molecule has 2 atom stereocenters. The van der Waals surface area contributed by atoms with Gasteiger partial charge in [0, 0.05) is 29.5 Å². The summed E-state index contributed by atoms with van der Waals surface area (Å²) in [7, 11) is 0. The second-order valence-electron chi connectivity index (χ2n) is 8.60. The van der Waals surface area contributed by atoms with Gasteiger partial charge < -0.3 is 35.7 Å². The summed E-state index contributed by atoms with van der Waals surface area (Å²) < 4.78 is 0. The second kappa shape index (κ2) is 8.22. The average Bonchev–Trinajstić information content (AvgIpc) is 3.11. The third-order valence-electron chi connectivity index (χ3n) is 6.29. The second-order valence-corrected chi connectivity index (χ2v) is 8.60. The Hall–Kier alpha value is -4.78. The zero-order valence-electron chi connectivity index (χ0n) is 18.3. The summed E-state index contributed by atoms with van der Waals surface area (Å²) in [6.45, 7) is 0. The number of phenols is 7. The van der Waals surface area contributed by atoms with Crippen molar-refractivity contribution >= 4 is 11.6 Å². The third-order valence-corrected chi connectivity index (χ3v) is 6.29. The maximum absolute atomic E-state index is 10.9. The van der Waals surface area contributed by atoms with Gasteiger partial charge in [-0.15, -0.1) is 0 Å². The van der Waals surface area contributed by atoms with E-state index >= 15 is 0 Å². The van der Waals surface area contributed by atoms with Crippen molar-refractivity contribution in [3.63, 3.8) is 0 Å². The summed E-state index contributed by atoms with van der Waals surface area (Å²) in [5, 5.41) is 71.5. The van der Waals surface area contributed by atoms with Gasteiger partial charge in [-0.1, -0.05) is 24.3 Å². The van der Waals surface area contributed by atoms with E-state index in [0.717, 1.165) is 5.56 Å². The maximum Gasteiger partial charge on any atom is 0.157 e. The Morgan fingerprint density at radius 1 is 0.486 bits per heavy atom. The lowest BCUT2D eigenvalue weighted by atomic mass is 9.79. The van der Waals surface area contributed by atoms with E-state index in [2.05, 4.69) is 0 Å². The van der Waals surface area contributed by atoms with Gasteiger partial charge in [0.2, 0.25) is 0 Å². The molecular weight excluding hydrogens is 448 g/mol. The predicted molar refractivity (Wildman–Crippen MR) is 130 cm³/mol. The smallest absolute Gasteiger partial charge is 0.157 e. The normalized spacial score (nSPS) is 18.0. The highest BCUT2D eigenvalue weighted by Gasteiger charge is 2.41. The van der Waals surface area contributed by atoms with E-state index in [0.29, 0.717) is 27.8 Å². The van der Waals surface area contributed by atoms with Gasteiger partial charge in [0.05, 0.1) is 0 Å². The van der Waals surface area contributed by atoms with Gasteiger partial charge in [-0.25, -0.2) is 0 Å². The summed E-state index contributed by atoms with van der Waals surface area (Å²) in [6, 6.07) is 17.8. The number of aromatic hydroxyl groups is 7. The van der Waals surface area contributed by atoms with Crippen LogP contribution in [0.25, 0.3) is 11.6 Å². The molecule has 1 aliphatic rings. The van der Waals surface area contributed by atoms with Crippen molar-refractivity contribution in [3.8, 4) is 40.2 Å². The van der Waals surface area contributed by atoms with Crippen molar-refractivity contribution in [2.24, 2.45) is 0 Å². The quantitative estimate of drug-likeness (QED) is 0.207. The molecular formula is C28H22O7. The minimum Gasteiger partial charge on any atom is -0.508 e. The highest BCUT2D eigenvalue weighted by molar-refractivity contribution is 5.93. The van der Waals surface area contributed by atoms with E-state index in [1.807, 2.05) is 6.08 Å². The Morgan fingerprint density at radius 3 is 1.80 bits per heavy atom. The summed E-state index contributed by atoms with van der Waals surface area (Å²) in [6.07, 6.45) is 1.84. The Kier molecular flexibility index (Phi) is 5.17. The Morgan fingerprint density at radius 2 is 1.14 bits per heavy atom. The topological polar surface area (TPSA) is 142 Å². The van der Waals surface area contributed by atoms with Crippen LogP contribution in [0.1, 0.15) is 39.7 Å². The molecule has 35 heavy (non-hydrogen) atoms. The van der Waals surface area contributed by atoms with Crippen LogP contribution >= 0.6 is 0 Å². The monoisotopic (exact) mass is 470 g/mol. The molecule has 0 amide bonds. The molecule has 0 spiro atoms. The van der Waals surface area contributed by atoms with Crippen LogP contribution in [-0.4, -0.2) is 35.7 Å². The Balaban J connectivity index is 1.84. The van der Waals surface area contributed by atoms with Gasteiger partial charge in [0.25, 0.3) is 0 Å². The predicted octanol–water partition coefficient (Wildman–Crippen LogP) is 5.10. The van der Waals surface area contributed by atoms with Crippen molar-refractivity contribution in [1.82, 2.24) is 0 Å². The lowest BCUT2D eigenvalue weighted by molar-refractivity contribution is 0.402. The van der Waals surface area contributed by atoms with Gasteiger partial charge in [0.15, 0.2) is 11.5 Å². The number of hydrogen-bond acceptors (Lipinski definition) is 7. The van der Waals surface area contributed by atoms with Crippen molar-refractivity contribution in [1.29, 1.82) is 0 Å². The number of rotatable bonds is 3. The zero-order chi connectivity index (χ0) is 24.9. The van der Waals surface area contributed by atoms with E-state index in [9.17, 15) is 35.7 Å². The first-order valence-corrected chi connectivity index (χ1v) is 10.8. The van der Waals surface area contributed by atoms with E-state index in [1.54, 1.807) is 18.2 Å². The zero-order valence-corrected chi connectivity index (χ0v) is 18.3. The molecule has 0 unspecified atom stereocenters. The fourth-order valence-electron chi connectivity index (χ4n) is 4.88. The van der Waals surface area contributed by atoms with E-state index in [1.165, 1.54) is 54.6 Å². The van der Waals surface area contributed by atoms with Crippen molar-refractivity contribution in [2.45, 2.75) is 11.8 Å². The minimum absolute atomic E-state index is 0.0983. The number of hydrogen-bond donors (Lipinski definition) is 7. The van der Waals surface area contributed by atoms with Crippen LogP contribution in [-0.2, 0) is 0 Å². The Labute approximate surface area is 200 Å². The molecule has 7 N–H and O–H groups in total. The largest absolute Gasteiger partial charge is 0.508 e. The molecule has 7 heteroatoms. The van der Waals surface area contributed by atoms with Crippen molar-refractivity contribution in [2.75, 3.05) is 0 Å². The number of fused-ring (bicyclic) bond motifs is 1. The van der Waals surface area contributed by atoms with Gasteiger partial charge in [-0.2, -0.15) is 0 Å². The molecule has 176 valence electrons. The molecule has 4 aromatic carbocycles. The molecule has 0 aromatic heterocycles. The van der Waals surface area contributed by atoms with Crippen molar-refractivity contribution in [3.05, 3.63) is 101 Å². The Bertz CT molecular complexity index is 1450. The SMILES string of the molecule is Oc1ccc(/C=C2/c3cc(O)cc(O)c3[C@@H](c3ccc(O)c(O)c3)[C@@H]2c2cc(O)cc(O)c2)cc1. The van der Waals surface area contributed by atoms with Crippen LogP contribution in [0.2, 0.25) is 0 Å². The summed E-state index contributed by atoms with van der Waals surface area (Å²) >= 11 is 0.